The van der Waals surface area contributed by atoms with Gasteiger partial charge in [0.1, 0.15) is 12.6 Å². The number of carbonyl (C=O) groups is 3. The van der Waals surface area contributed by atoms with Crippen LogP contribution in [0.25, 0.3) is 0 Å². The number of carboxylic acid groups (broad SMARTS) is 1. The average molecular weight is 842 g/mol. The van der Waals surface area contributed by atoms with Crippen molar-refractivity contribution in [3.05, 3.63) is 60.8 Å². The Balaban J connectivity index is 4.37. The van der Waals surface area contributed by atoms with Gasteiger partial charge in [0.25, 0.3) is 0 Å². The highest BCUT2D eigenvalue weighted by atomic mass is 16.6. The fraction of sp³-hybridized carbons (Fsp3) is 0.750. The molecule has 0 spiro atoms. The molecule has 0 amide bonds. The molecule has 0 aromatic heterocycles. The molecule has 0 rings (SSSR count). The quantitative estimate of drug-likeness (QED) is 0.0261. The molecule has 0 N–H and O–H groups in total. The maximum Gasteiger partial charge on any atom is 0.306 e. The molecule has 60 heavy (non-hydrogen) atoms. The minimum Gasteiger partial charge on any atom is -0.544 e. The van der Waals surface area contributed by atoms with Gasteiger partial charge in [-0.05, 0) is 77.0 Å². The van der Waals surface area contributed by atoms with Crippen LogP contribution in [0.2, 0.25) is 0 Å². The summed E-state index contributed by atoms with van der Waals surface area (Å²) >= 11 is 0. The third-order valence-electron chi connectivity index (χ3n) is 10.6. The van der Waals surface area contributed by atoms with Crippen LogP contribution in [0.3, 0.4) is 0 Å². The summed E-state index contributed by atoms with van der Waals surface area (Å²) in [7, 11) is 5.39. The molecule has 2 unspecified atom stereocenters. The van der Waals surface area contributed by atoms with E-state index >= 15 is 0 Å². The van der Waals surface area contributed by atoms with Gasteiger partial charge >= 0.3 is 11.9 Å². The second-order valence-electron chi connectivity index (χ2n) is 17.3. The minimum absolute atomic E-state index is 0.0160. The van der Waals surface area contributed by atoms with Gasteiger partial charge in [-0.1, -0.05) is 164 Å². The summed E-state index contributed by atoms with van der Waals surface area (Å²) in [4.78, 5) is 36.9. The van der Waals surface area contributed by atoms with E-state index in [0.717, 1.165) is 44.9 Å². The lowest BCUT2D eigenvalue weighted by Crippen LogP contribution is -2.55. The van der Waals surface area contributed by atoms with Gasteiger partial charge in [0.2, 0.25) is 0 Å². The van der Waals surface area contributed by atoms with Gasteiger partial charge in [-0.25, -0.2) is 0 Å². The second kappa shape index (κ2) is 42.7. The fourth-order valence-electron chi connectivity index (χ4n) is 6.82. The summed E-state index contributed by atoms with van der Waals surface area (Å²) in [5, 5.41) is 11.6. The van der Waals surface area contributed by atoms with Gasteiger partial charge in [-0.3, -0.25) is 9.59 Å². The zero-order valence-corrected chi connectivity index (χ0v) is 39.4. The molecular formula is C52H91NO7. The van der Waals surface area contributed by atoms with E-state index < -0.39 is 18.1 Å². The van der Waals surface area contributed by atoms with Crippen LogP contribution in [0.1, 0.15) is 200 Å². The lowest BCUT2D eigenvalue weighted by atomic mass is 10.1. The van der Waals surface area contributed by atoms with Crippen molar-refractivity contribution in [2.45, 2.75) is 212 Å². The monoisotopic (exact) mass is 842 g/mol. The van der Waals surface area contributed by atoms with E-state index in [1.54, 1.807) is 21.1 Å². The molecule has 0 bridgehead atoms. The summed E-state index contributed by atoms with van der Waals surface area (Å²) in [6.45, 7) is 4.58. The number of unbranched alkanes of at least 4 members (excludes halogenated alkanes) is 19. The van der Waals surface area contributed by atoms with E-state index in [2.05, 4.69) is 74.6 Å². The van der Waals surface area contributed by atoms with Crippen LogP contribution in [0.15, 0.2) is 60.8 Å². The number of hydrogen-bond donors (Lipinski definition) is 0. The molecule has 0 aromatic carbocycles. The van der Waals surface area contributed by atoms with E-state index in [4.69, 9.17) is 14.2 Å². The minimum atomic E-state index is -1.13. The average Bonchev–Trinajstić information content (AvgIpc) is 3.21. The molecule has 0 radical (unpaired) electrons. The number of likely N-dealkylation sites (N-methyl/N-ethyl adjacent to an activating group) is 1. The summed E-state index contributed by atoms with van der Waals surface area (Å²) in [5.74, 6) is -1.81. The summed E-state index contributed by atoms with van der Waals surface area (Å²) < 4.78 is 17.1. The highest BCUT2D eigenvalue weighted by Gasteiger charge is 2.25. The molecule has 0 aliphatic carbocycles. The first-order chi connectivity index (χ1) is 29.1. The predicted molar refractivity (Wildman–Crippen MR) is 249 cm³/mol. The Hall–Kier alpha value is -2.97. The van der Waals surface area contributed by atoms with Crippen molar-refractivity contribution in [1.29, 1.82) is 0 Å². The number of ether oxygens (including phenoxy) is 3. The van der Waals surface area contributed by atoms with Crippen LogP contribution in [0.5, 0.6) is 0 Å². The van der Waals surface area contributed by atoms with Crippen LogP contribution in [0.4, 0.5) is 0 Å². The summed E-state index contributed by atoms with van der Waals surface area (Å²) in [6.07, 6.45) is 52.5. The van der Waals surface area contributed by atoms with Crippen molar-refractivity contribution >= 4 is 17.9 Å². The second-order valence-corrected chi connectivity index (χ2v) is 17.3. The molecule has 0 saturated carbocycles. The molecule has 0 heterocycles. The van der Waals surface area contributed by atoms with E-state index in [-0.39, 0.29) is 49.1 Å². The van der Waals surface area contributed by atoms with Gasteiger partial charge in [0, 0.05) is 19.3 Å². The zero-order chi connectivity index (χ0) is 44.2. The number of allylic oxidation sites excluding steroid dienone is 10. The Morgan fingerprint density at radius 3 is 1.40 bits per heavy atom. The molecular weight excluding hydrogens is 751 g/mol. The van der Waals surface area contributed by atoms with E-state index in [0.29, 0.717) is 12.8 Å². The first-order valence-corrected chi connectivity index (χ1v) is 24.3. The van der Waals surface area contributed by atoms with Crippen molar-refractivity contribution in [2.75, 3.05) is 41.0 Å². The van der Waals surface area contributed by atoms with E-state index in [1.807, 2.05) is 0 Å². The molecule has 346 valence electrons. The molecule has 0 aliphatic heterocycles. The number of hydrogen-bond acceptors (Lipinski definition) is 7. The third-order valence-corrected chi connectivity index (χ3v) is 10.6. The first-order valence-electron chi connectivity index (χ1n) is 24.3. The number of aliphatic carboxylic acids is 1. The van der Waals surface area contributed by atoms with Crippen LogP contribution >= 0.6 is 0 Å². The molecule has 8 nitrogen and oxygen atoms in total. The largest absolute Gasteiger partial charge is 0.544 e. The highest BCUT2D eigenvalue weighted by Crippen LogP contribution is 2.14. The number of rotatable bonds is 43. The van der Waals surface area contributed by atoms with Crippen LogP contribution in [-0.4, -0.2) is 75.5 Å². The maximum atomic E-state index is 12.7. The fourth-order valence-corrected chi connectivity index (χ4v) is 6.82. The molecule has 0 aliphatic rings. The van der Waals surface area contributed by atoms with E-state index in [1.165, 1.54) is 116 Å². The van der Waals surface area contributed by atoms with Crippen molar-refractivity contribution in [1.82, 2.24) is 0 Å². The summed E-state index contributed by atoms with van der Waals surface area (Å²) in [5.41, 5.74) is 0. The Bertz CT molecular complexity index is 1170. The van der Waals surface area contributed by atoms with Gasteiger partial charge in [0.15, 0.2) is 6.10 Å². The maximum absolute atomic E-state index is 12.7. The molecule has 0 fully saturated rings. The zero-order valence-electron chi connectivity index (χ0n) is 39.4. The molecule has 0 saturated heterocycles. The van der Waals surface area contributed by atoms with Crippen LogP contribution in [-0.2, 0) is 28.6 Å². The van der Waals surface area contributed by atoms with Crippen LogP contribution < -0.4 is 5.11 Å². The Morgan fingerprint density at radius 1 is 0.500 bits per heavy atom. The first kappa shape index (κ1) is 57.0. The lowest BCUT2D eigenvalue weighted by Gasteiger charge is -2.34. The standard InChI is InChI=1S/C52H91NO7/c1-6-8-10-12-14-16-18-20-22-24-25-27-28-30-32-34-36-38-40-42-50(54)59-47-48(46-58-45-44-49(52(56)57)53(3,4)5)60-51(55)43-41-39-37-35-33-31-29-26-23-21-19-17-15-13-11-9-7-2/h15,17,21,23-25,29,31,35,37,48-49H,6-14,16,18-20,22,26-28,30,32-34,36,38-47H2,1-5H3/b17-15+,23-21+,25-24+,31-29+,37-35+. The van der Waals surface area contributed by atoms with Crippen molar-refractivity contribution < 1.29 is 38.2 Å². The number of carbonyl (C=O) groups excluding carboxylic acids is 3. The number of esters is 2. The molecule has 8 heteroatoms. The SMILES string of the molecule is CCCCC/C=C/C/C=C/C/C=C/C/C=C/CCCC(=O)OC(COCCC(C(=O)[O-])[N+](C)(C)C)COC(=O)CCCCCCCCC/C=C/CCCCCCCCCC. The van der Waals surface area contributed by atoms with Gasteiger partial charge in [0.05, 0.1) is 40.3 Å². The Kier molecular flexibility index (Phi) is 40.6. The highest BCUT2D eigenvalue weighted by molar-refractivity contribution is 5.70. The molecule has 0 aromatic rings. The molecule has 2 atom stereocenters. The number of carboxylic acids is 1. The van der Waals surface area contributed by atoms with Crippen molar-refractivity contribution in [3.63, 3.8) is 0 Å². The smallest absolute Gasteiger partial charge is 0.306 e. The van der Waals surface area contributed by atoms with Crippen LogP contribution in [0, 0.1) is 0 Å². The topological polar surface area (TPSA) is 102 Å². The number of nitrogens with zero attached hydrogens (tertiary/aromatic N) is 1. The van der Waals surface area contributed by atoms with Gasteiger partial charge < -0.3 is 28.6 Å². The Morgan fingerprint density at radius 2 is 0.900 bits per heavy atom. The van der Waals surface area contributed by atoms with Gasteiger partial charge in [-0.15, -0.1) is 0 Å². The van der Waals surface area contributed by atoms with Gasteiger partial charge in [-0.2, -0.15) is 0 Å². The summed E-state index contributed by atoms with van der Waals surface area (Å²) in [6, 6.07) is -0.738. The van der Waals surface area contributed by atoms with Crippen molar-refractivity contribution in [3.8, 4) is 0 Å². The lowest BCUT2D eigenvalue weighted by molar-refractivity contribution is -0.889. The van der Waals surface area contributed by atoms with Crippen molar-refractivity contribution in [2.24, 2.45) is 0 Å². The normalized spacial score (nSPS) is 13.4. The number of quaternary nitrogens is 1. The van der Waals surface area contributed by atoms with E-state index in [9.17, 15) is 19.5 Å². The third kappa shape index (κ3) is 40.4. The predicted octanol–water partition coefficient (Wildman–Crippen LogP) is 12.4. The Labute approximate surface area is 368 Å².